The zero-order chi connectivity index (χ0) is 32.7. The third-order valence-electron chi connectivity index (χ3n) is 7.67. The molecule has 0 saturated carbocycles. The summed E-state index contributed by atoms with van der Waals surface area (Å²) < 4.78 is 68.5. The molecule has 0 bridgehead atoms. The SMILES string of the molecule is CC=CN1CCCC(c2cccc(NCc3ccc(Nc4ncc(C(F)(F)F)c(Nc5ccccc5S(=O)(=O)NC)n4)cc3)c2)C1. The number of nitrogens with one attached hydrogen (secondary N) is 4. The second-order valence-electron chi connectivity index (χ2n) is 10.9. The summed E-state index contributed by atoms with van der Waals surface area (Å²) in [6.07, 6.45) is 2.44. The van der Waals surface area contributed by atoms with Crippen molar-refractivity contribution in [1.82, 2.24) is 19.6 Å². The molecule has 4 N–H and O–H groups in total. The topological polar surface area (TPSA) is 111 Å². The lowest BCUT2D eigenvalue weighted by Gasteiger charge is -2.32. The summed E-state index contributed by atoms with van der Waals surface area (Å²) in [7, 11) is -2.74. The van der Waals surface area contributed by atoms with Crippen LogP contribution < -0.4 is 20.7 Å². The number of rotatable bonds is 11. The molecule has 242 valence electrons. The maximum atomic E-state index is 13.8. The number of halogens is 3. The Bertz CT molecular complexity index is 1780. The lowest BCUT2D eigenvalue weighted by Crippen LogP contribution is -2.30. The summed E-state index contributed by atoms with van der Waals surface area (Å²) in [5.74, 6) is -0.200. The second kappa shape index (κ2) is 14.2. The number of aromatic nitrogens is 2. The highest BCUT2D eigenvalue weighted by molar-refractivity contribution is 7.89. The van der Waals surface area contributed by atoms with Crippen molar-refractivity contribution in [2.75, 3.05) is 36.1 Å². The van der Waals surface area contributed by atoms with Gasteiger partial charge in [-0.3, -0.25) is 0 Å². The van der Waals surface area contributed by atoms with E-state index in [1.807, 2.05) is 25.1 Å². The number of likely N-dealkylation sites (tertiary alicyclic amines) is 1. The zero-order valence-electron chi connectivity index (χ0n) is 25.5. The van der Waals surface area contributed by atoms with Crippen LogP contribution in [0.5, 0.6) is 0 Å². The largest absolute Gasteiger partial charge is 0.421 e. The van der Waals surface area contributed by atoms with Crippen LogP contribution in [-0.4, -0.2) is 43.4 Å². The van der Waals surface area contributed by atoms with Gasteiger partial charge in [-0.1, -0.05) is 42.5 Å². The van der Waals surface area contributed by atoms with Crippen LogP contribution in [0.1, 0.15) is 42.4 Å². The highest BCUT2D eigenvalue weighted by Crippen LogP contribution is 2.36. The fourth-order valence-corrected chi connectivity index (χ4v) is 6.24. The van der Waals surface area contributed by atoms with Crippen molar-refractivity contribution in [3.63, 3.8) is 0 Å². The fourth-order valence-electron chi connectivity index (χ4n) is 5.35. The van der Waals surface area contributed by atoms with E-state index in [1.165, 1.54) is 36.9 Å². The molecule has 4 aromatic rings. The minimum atomic E-state index is -4.78. The zero-order valence-corrected chi connectivity index (χ0v) is 26.3. The molecule has 0 amide bonds. The lowest BCUT2D eigenvalue weighted by atomic mass is 9.90. The van der Waals surface area contributed by atoms with Gasteiger partial charge in [-0.05, 0) is 80.5 Å². The number of sulfonamides is 1. The van der Waals surface area contributed by atoms with Gasteiger partial charge >= 0.3 is 6.18 Å². The number of nitrogens with zero attached hydrogens (tertiary/aromatic N) is 3. The van der Waals surface area contributed by atoms with E-state index in [-0.39, 0.29) is 16.5 Å². The molecule has 5 rings (SSSR count). The molecule has 1 aliphatic heterocycles. The molecule has 46 heavy (non-hydrogen) atoms. The first-order chi connectivity index (χ1) is 22.1. The molecule has 1 unspecified atom stereocenters. The Labute approximate surface area is 267 Å². The summed E-state index contributed by atoms with van der Waals surface area (Å²) >= 11 is 0. The Hall–Kier alpha value is -4.62. The molecule has 1 saturated heterocycles. The van der Waals surface area contributed by atoms with Crippen LogP contribution in [0.4, 0.5) is 42.0 Å². The van der Waals surface area contributed by atoms with E-state index in [0.717, 1.165) is 37.2 Å². The predicted molar refractivity (Wildman–Crippen MR) is 175 cm³/mol. The van der Waals surface area contributed by atoms with Crippen molar-refractivity contribution in [1.29, 1.82) is 0 Å². The van der Waals surface area contributed by atoms with Gasteiger partial charge in [-0.15, -0.1) is 0 Å². The van der Waals surface area contributed by atoms with E-state index in [1.54, 1.807) is 12.1 Å². The Morgan fingerprint density at radius 3 is 2.52 bits per heavy atom. The van der Waals surface area contributed by atoms with Crippen molar-refractivity contribution in [3.05, 3.63) is 108 Å². The van der Waals surface area contributed by atoms with Crippen molar-refractivity contribution in [2.45, 2.75) is 43.3 Å². The van der Waals surface area contributed by atoms with Gasteiger partial charge in [0.05, 0.1) is 5.69 Å². The molecule has 2 heterocycles. The Morgan fingerprint density at radius 2 is 1.78 bits per heavy atom. The summed E-state index contributed by atoms with van der Waals surface area (Å²) in [6.45, 7) is 4.72. The number of hydrogen-bond donors (Lipinski definition) is 4. The fraction of sp³-hybridized carbons (Fsp3) is 0.273. The average molecular weight is 652 g/mol. The molecule has 1 aromatic heterocycles. The van der Waals surface area contributed by atoms with E-state index in [9.17, 15) is 21.6 Å². The van der Waals surface area contributed by atoms with Gasteiger partial charge in [0.15, 0.2) is 0 Å². The van der Waals surface area contributed by atoms with Gasteiger partial charge in [-0.2, -0.15) is 18.2 Å². The average Bonchev–Trinajstić information content (AvgIpc) is 3.05. The molecular formula is C33H36F3N7O2S. The van der Waals surface area contributed by atoms with Crippen LogP contribution in [0, 0.1) is 0 Å². The van der Waals surface area contributed by atoms with Crippen LogP contribution in [0.25, 0.3) is 0 Å². The standard InChI is InChI=1S/C33H36F3N7O2S/c1-3-17-43-18-7-9-25(22-43)24-8-6-10-27(19-24)38-20-23-13-15-26(16-14-23)40-32-39-21-28(33(34,35)36)31(42-32)41-29-11-4-5-12-30(29)46(44,45)37-2/h3-6,8,10-17,19,21,25,37-38H,7,9,18,20,22H2,1-2H3,(H2,39,40,41,42). The molecular weight excluding hydrogens is 615 g/mol. The lowest BCUT2D eigenvalue weighted by molar-refractivity contribution is -0.137. The maximum absolute atomic E-state index is 13.8. The minimum absolute atomic E-state index is 0.0660. The Balaban J connectivity index is 1.27. The van der Waals surface area contributed by atoms with Crippen molar-refractivity contribution >= 4 is 38.9 Å². The first kappa shape index (κ1) is 32.8. The smallest absolute Gasteiger partial charge is 0.381 e. The maximum Gasteiger partial charge on any atom is 0.421 e. The predicted octanol–water partition coefficient (Wildman–Crippen LogP) is 7.22. The summed E-state index contributed by atoms with van der Waals surface area (Å²) in [5, 5.41) is 8.96. The van der Waals surface area contributed by atoms with Crippen LogP contribution in [-0.2, 0) is 22.7 Å². The number of benzene rings is 3. The molecule has 9 nitrogen and oxygen atoms in total. The van der Waals surface area contributed by atoms with Gasteiger partial charge < -0.3 is 20.9 Å². The first-order valence-corrected chi connectivity index (χ1v) is 16.3. The van der Waals surface area contributed by atoms with E-state index in [0.29, 0.717) is 24.3 Å². The normalized spacial score (nSPS) is 15.6. The number of piperidine rings is 1. The van der Waals surface area contributed by atoms with E-state index in [4.69, 9.17) is 0 Å². The number of anilines is 5. The number of hydrogen-bond acceptors (Lipinski definition) is 8. The molecule has 3 aromatic carbocycles. The number of alkyl halides is 3. The molecule has 1 atom stereocenters. The molecule has 0 radical (unpaired) electrons. The quantitative estimate of drug-likeness (QED) is 0.135. The van der Waals surface area contributed by atoms with E-state index >= 15 is 0 Å². The number of allylic oxidation sites excluding steroid dienone is 1. The van der Waals surface area contributed by atoms with Gasteiger partial charge in [0.1, 0.15) is 16.3 Å². The van der Waals surface area contributed by atoms with Gasteiger partial charge in [0.2, 0.25) is 16.0 Å². The van der Waals surface area contributed by atoms with Crippen molar-refractivity contribution < 1.29 is 21.6 Å². The van der Waals surface area contributed by atoms with E-state index < -0.39 is 27.6 Å². The first-order valence-electron chi connectivity index (χ1n) is 14.9. The van der Waals surface area contributed by atoms with Gasteiger partial charge in [-0.25, -0.2) is 18.1 Å². The molecule has 0 spiro atoms. The molecule has 0 aliphatic carbocycles. The summed E-state index contributed by atoms with van der Waals surface area (Å²) in [4.78, 5) is 10.1. The summed E-state index contributed by atoms with van der Waals surface area (Å²) in [6, 6.07) is 21.5. The van der Waals surface area contributed by atoms with Crippen molar-refractivity contribution in [3.8, 4) is 0 Å². The highest BCUT2D eigenvalue weighted by Gasteiger charge is 2.36. The third kappa shape index (κ3) is 8.15. The highest BCUT2D eigenvalue weighted by atomic mass is 32.2. The third-order valence-corrected chi connectivity index (χ3v) is 9.14. The molecule has 13 heteroatoms. The Morgan fingerprint density at radius 1 is 1.00 bits per heavy atom. The molecule has 1 aliphatic rings. The van der Waals surface area contributed by atoms with Crippen LogP contribution in [0.15, 0.2) is 96.2 Å². The second-order valence-corrected chi connectivity index (χ2v) is 12.8. The molecule has 1 fully saturated rings. The monoisotopic (exact) mass is 651 g/mol. The Kier molecular flexibility index (Phi) is 10.1. The minimum Gasteiger partial charge on any atom is -0.381 e. The van der Waals surface area contributed by atoms with Crippen molar-refractivity contribution in [2.24, 2.45) is 0 Å². The van der Waals surface area contributed by atoms with Crippen LogP contribution >= 0.6 is 0 Å². The van der Waals surface area contributed by atoms with E-state index in [2.05, 4.69) is 66.0 Å². The van der Waals surface area contributed by atoms with Gasteiger partial charge in [0.25, 0.3) is 0 Å². The van der Waals surface area contributed by atoms with Gasteiger partial charge in [0, 0.05) is 43.1 Å². The summed E-state index contributed by atoms with van der Waals surface area (Å²) in [5.41, 5.74) is 2.72. The van der Waals surface area contributed by atoms with Crippen LogP contribution in [0.2, 0.25) is 0 Å². The van der Waals surface area contributed by atoms with Crippen LogP contribution in [0.3, 0.4) is 0 Å². The number of para-hydroxylation sites is 1.